The van der Waals surface area contributed by atoms with Crippen LogP contribution in [0.5, 0.6) is 0 Å². The van der Waals surface area contributed by atoms with Crippen molar-refractivity contribution in [3.05, 3.63) is 66.4 Å². The van der Waals surface area contributed by atoms with E-state index in [9.17, 15) is 13.2 Å². The van der Waals surface area contributed by atoms with Gasteiger partial charge in [-0.3, -0.25) is 9.78 Å². The summed E-state index contributed by atoms with van der Waals surface area (Å²) in [6, 6.07) is 15.0. The molecule has 1 amide bonds. The number of fused-ring (bicyclic) bond motifs is 1. The van der Waals surface area contributed by atoms with Gasteiger partial charge in [-0.1, -0.05) is 12.1 Å². The molecule has 2 aromatic carbocycles. The predicted octanol–water partition coefficient (Wildman–Crippen LogP) is 3.30. The van der Waals surface area contributed by atoms with Crippen LogP contribution in [0.15, 0.2) is 70.1 Å². The average Bonchev–Trinajstić information content (AvgIpc) is 3.11. The standard InChI is InChI=1S/C21H20N4O3S/c1-25-14-4-8-20(25)24-29(27,28)16-11-9-15(10-12-16)23-21(26)18-5-2-7-19-17(18)6-3-13-22-19/h2-3,5-7,9-13H,4,8,14H2,1H3,(H,23,26)/b24-20-. The molecule has 0 radical (unpaired) electrons. The summed E-state index contributed by atoms with van der Waals surface area (Å²) in [6.45, 7) is 0.809. The van der Waals surface area contributed by atoms with Gasteiger partial charge in [-0.05, 0) is 48.9 Å². The van der Waals surface area contributed by atoms with Gasteiger partial charge in [-0.25, -0.2) is 0 Å². The van der Waals surface area contributed by atoms with Crippen molar-refractivity contribution in [1.82, 2.24) is 9.88 Å². The maximum Gasteiger partial charge on any atom is 0.283 e. The number of amidine groups is 1. The fourth-order valence-corrected chi connectivity index (χ4v) is 4.40. The van der Waals surface area contributed by atoms with Gasteiger partial charge in [0, 0.05) is 42.8 Å². The summed E-state index contributed by atoms with van der Waals surface area (Å²) in [4.78, 5) is 18.9. The second kappa shape index (κ2) is 7.63. The Hall–Kier alpha value is -3.26. The van der Waals surface area contributed by atoms with Gasteiger partial charge < -0.3 is 10.2 Å². The van der Waals surface area contributed by atoms with Gasteiger partial charge in [0.05, 0.1) is 10.4 Å². The van der Waals surface area contributed by atoms with E-state index in [-0.39, 0.29) is 10.8 Å². The molecular formula is C21H20N4O3S. The first-order valence-corrected chi connectivity index (χ1v) is 10.7. The number of pyridine rings is 1. The largest absolute Gasteiger partial charge is 0.362 e. The minimum atomic E-state index is -3.78. The lowest BCUT2D eigenvalue weighted by Crippen LogP contribution is -2.20. The summed E-state index contributed by atoms with van der Waals surface area (Å²) in [5.74, 6) is 0.291. The Bertz CT molecular complexity index is 1200. The molecular weight excluding hydrogens is 388 g/mol. The lowest BCUT2D eigenvalue weighted by Gasteiger charge is -2.11. The first kappa shape index (κ1) is 19.1. The molecule has 1 fully saturated rings. The van der Waals surface area contributed by atoms with Crippen LogP contribution in [0.4, 0.5) is 5.69 Å². The third-order valence-corrected chi connectivity index (χ3v) is 6.18. The Morgan fingerprint density at radius 1 is 1.10 bits per heavy atom. The van der Waals surface area contributed by atoms with Gasteiger partial charge in [0.2, 0.25) is 0 Å². The molecule has 7 nitrogen and oxygen atoms in total. The van der Waals surface area contributed by atoms with Crippen molar-refractivity contribution in [3.8, 4) is 0 Å². The summed E-state index contributed by atoms with van der Waals surface area (Å²) in [6.07, 6.45) is 3.24. The van der Waals surface area contributed by atoms with Crippen molar-refractivity contribution < 1.29 is 13.2 Å². The molecule has 1 saturated heterocycles. The highest BCUT2D eigenvalue weighted by Gasteiger charge is 2.20. The SMILES string of the molecule is CN1CCC/C1=N/S(=O)(=O)c1ccc(NC(=O)c2cccc3ncccc23)cc1. The molecule has 1 aliphatic heterocycles. The summed E-state index contributed by atoms with van der Waals surface area (Å²) in [5, 5.41) is 3.56. The van der Waals surface area contributed by atoms with Crippen LogP contribution < -0.4 is 5.32 Å². The van der Waals surface area contributed by atoms with Crippen LogP contribution in [-0.4, -0.2) is 43.6 Å². The van der Waals surface area contributed by atoms with E-state index in [2.05, 4.69) is 14.7 Å². The predicted molar refractivity (Wildman–Crippen MR) is 113 cm³/mol. The summed E-state index contributed by atoms with van der Waals surface area (Å²) >= 11 is 0. The number of amides is 1. The molecule has 0 atom stereocenters. The molecule has 1 aromatic heterocycles. The highest BCUT2D eigenvalue weighted by atomic mass is 32.2. The van der Waals surface area contributed by atoms with Crippen LogP contribution in [-0.2, 0) is 10.0 Å². The molecule has 1 aliphatic rings. The summed E-state index contributed by atoms with van der Waals surface area (Å²) < 4.78 is 29.0. The number of hydrogen-bond donors (Lipinski definition) is 1. The van der Waals surface area contributed by atoms with Gasteiger partial charge in [-0.2, -0.15) is 8.42 Å². The molecule has 29 heavy (non-hydrogen) atoms. The maximum absolute atomic E-state index is 12.7. The zero-order valence-electron chi connectivity index (χ0n) is 15.9. The number of anilines is 1. The molecule has 148 valence electrons. The quantitative estimate of drug-likeness (QED) is 0.715. The molecule has 2 heterocycles. The minimum absolute atomic E-state index is 0.0951. The lowest BCUT2D eigenvalue weighted by molar-refractivity contribution is 0.102. The first-order valence-electron chi connectivity index (χ1n) is 9.24. The third kappa shape index (κ3) is 3.97. The fourth-order valence-electron chi connectivity index (χ4n) is 3.31. The Balaban J connectivity index is 1.54. The van der Waals surface area contributed by atoms with Crippen LogP contribution in [0.2, 0.25) is 0 Å². The summed E-state index contributed by atoms with van der Waals surface area (Å²) in [5.41, 5.74) is 1.74. The summed E-state index contributed by atoms with van der Waals surface area (Å²) in [7, 11) is -1.94. The number of aromatic nitrogens is 1. The van der Waals surface area contributed by atoms with E-state index in [1.807, 2.05) is 24.1 Å². The molecule has 8 heteroatoms. The Morgan fingerprint density at radius 2 is 1.90 bits per heavy atom. The van der Waals surface area contributed by atoms with Gasteiger partial charge in [0.1, 0.15) is 5.84 Å². The number of hydrogen-bond acceptors (Lipinski definition) is 4. The number of nitrogens with one attached hydrogen (secondary N) is 1. The van der Waals surface area contributed by atoms with E-state index in [1.54, 1.807) is 36.5 Å². The Kier molecular flexibility index (Phi) is 5.02. The smallest absolute Gasteiger partial charge is 0.283 e. The van der Waals surface area contributed by atoms with Crippen LogP contribution in [0, 0.1) is 0 Å². The maximum atomic E-state index is 12.7. The van der Waals surface area contributed by atoms with Gasteiger partial charge >= 0.3 is 0 Å². The zero-order chi connectivity index (χ0) is 20.4. The van der Waals surface area contributed by atoms with Crippen molar-refractivity contribution in [3.63, 3.8) is 0 Å². The van der Waals surface area contributed by atoms with Crippen molar-refractivity contribution in [2.24, 2.45) is 4.40 Å². The second-order valence-electron chi connectivity index (χ2n) is 6.86. The van der Waals surface area contributed by atoms with E-state index >= 15 is 0 Å². The van der Waals surface area contributed by atoms with Crippen LogP contribution >= 0.6 is 0 Å². The number of carbonyl (C=O) groups excluding carboxylic acids is 1. The number of carbonyl (C=O) groups is 1. The first-order chi connectivity index (χ1) is 13.9. The Morgan fingerprint density at radius 3 is 2.62 bits per heavy atom. The van der Waals surface area contributed by atoms with Crippen molar-refractivity contribution in [1.29, 1.82) is 0 Å². The average molecular weight is 408 g/mol. The number of benzene rings is 2. The molecule has 0 bridgehead atoms. The zero-order valence-corrected chi connectivity index (χ0v) is 16.7. The topological polar surface area (TPSA) is 91.7 Å². The molecule has 3 aromatic rings. The normalized spacial score (nSPS) is 15.8. The van der Waals surface area contributed by atoms with E-state index < -0.39 is 10.0 Å². The molecule has 0 saturated carbocycles. The molecule has 0 unspecified atom stereocenters. The molecule has 0 spiro atoms. The van der Waals surface area contributed by atoms with Crippen molar-refractivity contribution in [2.75, 3.05) is 18.9 Å². The van der Waals surface area contributed by atoms with Crippen molar-refractivity contribution >= 4 is 38.4 Å². The molecule has 1 N–H and O–H groups in total. The second-order valence-corrected chi connectivity index (χ2v) is 8.47. The van der Waals surface area contributed by atoms with E-state index in [1.165, 1.54) is 12.1 Å². The lowest BCUT2D eigenvalue weighted by atomic mass is 10.1. The number of likely N-dealkylation sites (tertiary alicyclic amines) is 1. The van der Waals surface area contributed by atoms with E-state index in [4.69, 9.17) is 0 Å². The highest BCUT2D eigenvalue weighted by Crippen LogP contribution is 2.21. The number of nitrogens with zero attached hydrogens (tertiary/aromatic N) is 3. The third-order valence-electron chi connectivity index (χ3n) is 4.86. The fraction of sp³-hybridized carbons (Fsp3) is 0.190. The van der Waals surface area contributed by atoms with Crippen LogP contribution in [0.1, 0.15) is 23.2 Å². The van der Waals surface area contributed by atoms with Crippen molar-refractivity contribution in [2.45, 2.75) is 17.7 Å². The highest BCUT2D eigenvalue weighted by molar-refractivity contribution is 7.90. The van der Waals surface area contributed by atoms with E-state index in [0.717, 1.165) is 23.9 Å². The van der Waals surface area contributed by atoms with Crippen LogP contribution in [0.3, 0.4) is 0 Å². The Labute approximate surface area is 169 Å². The minimum Gasteiger partial charge on any atom is -0.362 e. The van der Waals surface area contributed by atoms with E-state index in [0.29, 0.717) is 23.5 Å². The molecule has 0 aliphatic carbocycles. The number of sulfonamides is 1. The van der Waals surface area contributed by atoms with Gasteiger partial charge in [0.25, 0.3) is 15.9 Å². The van der Waals surface area contributed by atoms with Gasteiger partial charge in [0.15, 0.2) is 0 Å². The molecule has 4 rings (SSSR count). The van der Waals surface area contributed by atoms with Gasteiger partial charge in [-0.15, -0.1) is 4.40 Å². The van der Waals surface area contributed by atoms with Crippen LogP contribution in [0.25, 0.3) is 10.9 Å². The number of rotatable bonds is 4. The monoisotopic (exact) mass is 408 g/mol.